The molecule has 0 radical (unpaired) electrons. The standard InChI is InChI=1S/C14H21O2S/c1-14(2,3)16-12-4-6-13(7-5-12)17-10-8-15-9-11-17/h4-7H,8-11H2,1-3H3/q+1. The molecule has 0 atom stereocenters. The predicted octanol–water partition coefficient (Wildman–Crippen LogP) is 2.87. The summed E-state index contributed by atoms with van der Waals surface area (Å²) in [6, 6.07) is 8.58. The molecule has 0 N–H and O–H groups in total. The largest absolute Gasteiger partial charge is 0.488 e. The number of hydrogen-bond acceptors (Lipinski definition) is 2. The van der Waals surface area contributed by atoms with Crippen molar-refractivity contribution in [3.8, 4) is 5.75 Å². The van der Waals surface area contributed by atoms with E-state index in [1.807, 2.05) is 0 Å². The fourth-order valence-electron chi connectivity index (χ4n) is 1.81. The molecule has 1 saturated heterocycles. The second-order valence-electron chi connectivity index (χ2n) is 5.20. The number of rotatable bonds is 2. The van der Waals surface area contributed by atoms with Crippen LogP contribution >= 0.6 is 0 Å². The van der Waals surface area contributed by atoms with Crippen molar-refractivity contribution in [2.45, 2.75) is 31.3 Å². The first-order valence-electron chi connectivity index (χ1n) is 6.09. The van der Waals surface area contributed by atoms with Gasteiger partial charge >= 0.3 is 0 Å². The average Bonchev–Trinajstić information content (AvgIpc) is 2.29. The molecule has 17 heavy (non-hydrogen) atoms. The van der Waals surface area contributed by atoms with E-state index in [-0.39, 0.29) is 5.60 Å². The summed E-state index contributed by atoms with van der Waals surface area (Å²) in [7, 11) is 0.380. The topological polar surface area (TPSA) is 18.5 Å². The van der Waals surface area contributed by atoms with Crippen LogP contribution in [-0.4, -0.2) is 30.3 Å². The van der Waals surface area contributed by atoms with Crippen LogP contribution in [0.2, 0.25) is 0 Å². The molecule has 1 aliphatic rings. The lowest BCUT2D eigenvalue weighted by atomic mass is 10.2. The Morgan fingerprint density at radius 2 is 1.65 bits per heavy atom. The van der Waals surface area contributed by atoms with Gasteiger partial charge in [-0.05, 0) is 45.0 Å². The third-order valence-corrected chi connectivity index (χ3v) is 4.79. The molecular formula is C14H21O2S+. The summed E-state index contributed by atoms with van der Waals surface area (Å²) < 4.78 is 11.2. The molecule has 1 aromatic carbocycles. The minimum absolute atomic E-state index is 0.123. The second-order valence-corrected chi connectivity index (χ2v) is 7.47. The molecule has 0 unspecified atom stereocenters. The third-order valence-electron chi connectivity index (χ3n) is 2.53. The molecule has 0 bridgehead atoms. The van der Waals surface area contributed by atoms with Gasteiger partial charge in [0.05, 0.1) is 13.2 Å². The number of benzene rings is 1. The highest BCUT2D eigenvalue weighted by Gasteiger charge is 2.25. The summed E-state index contributed by atoms with van der Waals surface area (Å²) >= 11 is 0. The first-order valence-corrected chi connectivity index (χ1v) is 7.65. The van der Waals surface area contributed by atoms with Crippen molar-refractivity contribution in [3.05, 3.63) is 24.3 Å². The van der Waals surface area contributed by atoms with E-state index in [2.05, 4.69) is 45.0 Å². The van der Waals surface area contributed by atoms with Crippen molar-refractivity contribution < 1.29 is 9.47 Å². The normalized spacial score (nSPS) is 18.1. The van der Waals surface area contributed by atoms with Crippen molar-refractivity contribution in [2.24, 2.45) is 0 Å². The molecule has 1 fully saturated rings. The van der Waals surface area contributed by atoms with E-state index >= 15 is 0 Å². The molecule has 94 valence electrons. The van der Waals surface area contributed by atoms with Crippen LogP contribution in [-0.2, 0) is 15.6 Å². The maximum absolute atomic E-state index is 5.82. The molecule has 1 aliphatic heterocycles. The minimum Gasteiger partial charge on any atom is -0.488 e. The Morgan fingerprint density at radius 1 is 1.06 bits per heavy atom. The summed E-state index contributed by atoms with van der Waals surface area (Å²) in [5, 5.41) is 0. The minimum atomic E-state index is -0.123. The van der Waals surface area contributed by atoms with Gasteiger partial charge in [-0.1, -0.05) is 0 Å². The van der Waals surface area contributed by atoms with E-state index in [4.69, 9.17) is 9.47 Å². The number of hydrogen-bond donors (Lipinski definition) is 0. The molecule has 0 spiro atoms. The van der Waals surface area contributed by atoms with Gasteiger partial charge in [-0.15, -0.1) is 0 Å². The van der Waals surface area contributed by atoms with Crippen LogP contribution in [0.4, 0.5) is 0 Å². The lowest BCUT2D eigenvalue weighted by molar-refractivity contribution is 0.131. The van der Waals surface area contributed by atoms with Crippen molar-refractivity contribution in [1.29, 1.82) is 0 Å². The molecule has 3 heteroatoms. The molecule has 1 aromatic rings. The van der Waals surface area contributed by atoms with Crippen molar-refractivity contribution in [2.75, 3.05) is 24.7 Å². The van der Waals surface area contributed by atoms with E-state index in [9.17, 15) is 0 Å². The van der Waals surface area contributed by atoms with Gasteiger partial charge < -0.3 is 9.47 Å². The zero-order valence-corrected chi connectivity index (χ0v) is 11.7. The molecule has 0 amide bonds. The fourth-order valence-corrected chi connectivity index (χ4v) is 3.65. The maximum atomic E-state index is 5.82. The van der Waals surface area contributed by atoms with Crippen LogP contribution < -0.4 is 4.74 Å². The molecule has 1 heterocycles. The van der Waals surface area contributed by atoms with Crippen LogP contribution in [0.25, 0.3) is 0 Å². The summed E-state index contributed by atoms with van der Waals surface area (Å²) in [6.07, 6.45) is 0. The van der Waals surface area contributed by atoms with Gasteiger partial charge in [0, 0.05) is 10.9 Å². The Morgan fingerprint density at radius 3 is 2.18 bits per heavy atom. The molecule has 0 aromatic heterocycles. The monoisotopic (exact) mass is 253 g/mol. The van der Waals surface area contributed by atoms with Crippen LogP contribution in [0.1, 0.15) is 20.8 Å². The van der Waals surface area contributed by atoms with Gasteiger partial charge in [0.25, 0.3) is 0 Å². The molecule has 0 aliphatic carbocycles. The summed E-state index contributed by atoms with van der Waals surface area (Å²) in [6.45, 7) is 8.02. The van der Waals surface area contributed by atoms with Crippen molar-refractivity contribution in [3.63, 3.8) is 0 Å². The van der Waals surface area contributed by atoms with Gasteiger partial charge in [0.2, 0.25) is 0 Å². The van der Waals surface area contributed by atoms with Crippen molar-refractivity contribution >= 4 is 10.9 Å². The van der Waals surface area contributed by atoms with Crippen LogP contribution in [0.15, 0.2) is 29.2 Å². The lowest BCUT2D eigenvalue weighted by Crippen LogP contribution is -2.26. The van der Waals surface area contributed by atoms with Gasteiger partial charge in [-0.25, -0.2) is 0 Å². The average molecular weight is 253 g/mol. The quantitative estimate of drug-likeness (QED) is 0.755. The van der Waals surface area contributed by atoms with Crippen LogP contribution in [0.5, 0.6) is 5.75 Å². The Labute approximate surface area is 107 Å². The first kappa shape index (κ1) is 12.8. The highest BCUT2D eigenvalue weighted by atomic mass is 32.2. The molecule has 2 rings (SSSR count). The maximum Gasteiger partial charge on any atom is 0.155 e. The SMILES string of the molecule is CC(C)(C)Oc1ccc([S+]2CCOCC2)cc1. The van der Waals surface area contributed by atoms with Crippen molar-refractivity contribution in [1.82, 2.24) is 0 Å². The Kier molecular flexibility index (Phi) is 4.00. The zero-order chi connectivity index (χ0) is 12.3. The van der Waals surface area contributed by atoms with Gasteiger partial charge in [0.15, 0.2) is 4.90 Å². The lowest BCUT2D eigenvalue weighted by Gasteiger charge is -2.21. The Hall–Kier alpha value is -0.670. The van der Waals surface area contributed by atoms with Gasteiger partial charge in [0.1, 0.15) is 22.9 Å². The Bertz CT molecular complexity index is 347. The molecule has 2 nitrogen and oxygen atoms in total. The highest BCUT2D eigenvalue weighted by Crippen LogP contribution is 2.23. The van der Waals surface area contributed by atoms with E-state index in [0.717, 1.165) is 19.0 Å². The summed E-state index contributed by atoms with van der Waals surface area (Å²) in [5.41, 5.74) is -0.123. The fraction of sp³-hybridized carbons (Fsp3) is 0.571. The van der Waals surface area contributed by atoms with E-state index in [1.165, 1.54) is 16.4 Å². The van der Waals surface area contributed by atoms with E-state index < -0.39 is 0 Å². The van der Waals surface area contributed by atoms with Gasteiger partial charge in [-0.2, -0.15) is 0 Å². The summed E-state index contributed by atoms with van der Waals surface area (Å²) in [5.74, 6) is 3.29. The first-order chi connectivity index (χ1) is 8.04. The van der Waals surface area contributed by atoms with Gasteiger partial charge in [-0.3, -0.25) is 0 Å². The zero-order valence-electron chi connectivity index (χ0n) is 10.9. The second kappa shape index (κ2) is 5.32. The summed E-state index contributed by atoms with van der Waals surface area (Å²) in [4.78, 5) is 1.44. The molecular weight excluding hydrogens is 232 g/mol. The van der Waals surface area contributed by atoms with E-state index in [1.54, 1.807) is 0 Å². The van der Waals surface area contributed by atoms with Crippen LogP contribution in [0, 0.1) is 0 Å². The van der Waals surface area contributed by atoms with Crippen LogP contribution in [0.3, 0.4) is 0 Å². The number of ether oxygens (including phenoxy) is 2. The predicted molar refractivity (Wildman–Crippen MR) is 73.0 cm³/mol. The smallest absolute Gasteiger partial charge is 0.155 e. The highest BCUT2D eigenvalue weighted by molar-refractivity contribution is 7.97. The molecule has 0 saturated carbocycles. The van der Waals surface area contributed by atoms with E-state index in [0.29, 0.717) is 10.9 Å². The third kappa shape index (κ3) is 3.93. The Balaban J connectivity index is 2.02.